The van der Waals surface area contributed by atoms with Crippen molar-refractivity contribution in [3.05, 3.63) is 47.5 Å². The maximum Gasteiger partial charge on any atom is 0.322 e. The number of aromatic nitrogens is 5. The smallest absolute Gasteiger partial charge is 0.322 e. The number of carbonyl (C=O) groups is 1. The quantitative estimate of drug-likeness (QED) is 0.609. The minimum absolute atomic E-state index is 0.230. The van der Waals surface area contributed by atoms with E-state index in [1.54, 1.807) is 36.8 Å². The van der Waals surface area contributed by atoms with Gasteiger partial charge >= 0.3 is 6.03 Å². The molecule has 4 rings (SSSR count). The third-order valence-corrected chi connectivity index (χ3v) is 4.09. The number of rotatable bonds is 3. The monoisotopic (exact) mass is 371 g/mol. The molecule has 4 heterocycles. The number of fused-ring (bicyclic) bond motifs is 1. The summed E-state index contributed by atoms with van der Waals surface area (Å²) in [6, 6.07) is 4.59. The molecule has 0 saturated carbocycles. The zero-order chi connectivity index (χ0) is 17.9. The molecule has 0 fully saturated rings. The van der Waals surface area contributed by atoms with Gasteiger partial charge in [0.05, 0.1) is 12.6 Å². The summed E-state index contributed by atoms with van der Waals surface area (Å²) in [6.07, 6.45) is 5.54. The first-order chi connectivity index (χ1) is 12.7. The van der Waals surface area contributed by atoms with E-state index < -0.39 is 6.03 Å². The van der Waals surface area contributed by atoms with E-state index in [4.69, 9.17) is 16.3 Å². The van der Waals surface area contributed by atoms with Gasteiger partial charge in [0, 0.05) is 42.2 Å². The number of anilines is 1. The molecule has 0 aromatic carbocycles. The Bertz CT molecular complexity index is 931. The van der Waals surface area contributed by atoms with Crippen molar-refractivity contribution in [1.29, 1.82) is 0 Å². The summed E-state index contributed by atoms with van der Waals surface area (Å²) in [7, 11) is 0. The SMILES string of the molecule is O=C(Nc1nnc(-c2ccncc2)[nH]1)NC1CCOc2cc(Cl)ncc21. The first-order valence-electron chi connectivity index (χ1n) is 7.88. The predicted octanol–water partition coefficient (Wildman–Crippen LogP) is 2.56. The molecule has 0 aliphatic carbocycles. The van der Waals surface area contributed by atoms with Crippen LogP contribution in [0.2, 0.25) is 5.15 Å². The number of urea groups is 1. The Balaban J connectivity index is 1.43. The molecular formula is C16H14ClN7O2. The van der Waals surface area contributed by atoms with Crippen LogP contribution in [0.1, 0.15) is 18.0 Å². The van der Waals surface area contributed by atoms with Gasteiger partial charge < -0.3 is 15.0 Å². The lowest BCUT2D eigenvalue weighted by Crippen LogP contribution is -2.35. The van der Waals surface area contributed by atoms with Crippen LogP contribution >= 0.6 is 11.6 Å². The van der Waals surface area contributed by atoms with Gasteiger partial charge in [0.2, 0.25) is 5.95 Å². The number of hydrogen-bond donors (Lipinski definition) is 3. The number of ether oxygens (including phenoxy) is 1. The van der Waals surface area contributed by atoms with Crippen molar-refractivity contribution in [3.8, 4) is 17.1 Å². The van der Waals surface area contributed by atoms with Crippen LogP contribution in [0, 0.1) is 0 Å². The summed E-state index contributed by atoms with van der Waals surface area (Å²) in [5.74, 6) is 1.41. The van der Waals surface area contributed by atoms with Crippen LogP contribution in [0.3, 0.4) is 0 Å². The van der Waals surface area contributed by atoms with Gasteiger partial charge in [-0.15, -0.1) is 10.2 Å². The van der Waals surface area contributed by atoms with Crippen LogP contribution in [0.4, 0.5) is 10.7 Å². The molecule has 3 N–H and O–H groups in total. The van der Waals surface area contributed by atoms with Gasteiger partial charge in [-0.1, -0.05) is 11.6 Å². The summed E-state index contributed by atoms with van der Waals surface area (Å²) in [6.45, 7) is 0.479. The first-order valence-corrected chi connectivity index (χ1v) is 8.25. The van der Waals surface area contributed by atoms with Crippen LogP contribution in [0.15, 0.2) is 36.8 Å². The zero-order valence-corrected chi connectivity index (χ0v) is 14.2. The highest BCUT2D eigenvalue weighted by molar-refractivity contribution is 6.29. The highest BCUT2D eigenvalue weighted by Gasteiger charge is 2.24. The van der Waals surface area contributed by atoms with Gasteiger partial charge in [0.1, 0.15) is 10.9 Å². The molecule has 2 amide bonds. The Kier molecular flexibility index (Phi) is 4.36. The predicted molar refractivity (Wildman–Crippen MR) is 93.9 cm³/mol. The molecule has 0 spiro atoms. The minimum atomic E-state index is -0.407. The number of pyridine rings is 2. The van der Waals surface area contributed by atoms with E-state index >= 15 is 0 Å². The van der Waals surface area contributed by atoms with E-state index in [9.17, 15) is 4.79 Å². The Morgan fingerprint density at radius 1 is 1.31 bits per heavy atom. The zero-order valence-electron chi connectivity index (χ0n) is 13.4. The van der Waals surface area contributed by atoms with Crippen molar-refractivity contribution in [1.82, 2.24) is 30.5 Å². The second-order valence-corrected chi connectivity index (χ2v) is 5.98. The fourth-order valence-corrected chi connectivity index (χ4v) is 2.81. The summed E-state index contributed by atoms with van der Waals surface area (Å²) in [5, 5.41) is 13.8. The van der Waals surface area contributed by atoms with Gasteiger partial charge in [0.25, 0.3) is 0 Å². The Morgan fingerprint density at radius 2 is 2.15 bits per heavy atom. The van der Waals surface area contributed by atoms with E-state index in [-0.39, 0.29) is 12.0 Å². The number of aromatic amines is 1. The molecule has 132 valence electrons. The fourth-order valence-electron chi connectivity index (χ4n) is 2.66. The van der Waals surface area contributed by atoms with Crippen molar-refractivity contribution in [2.75, 3.05) is 11.9 Å². The number of H-pyrrole nitrogens is 1. The van der Waals surface area contributed by atoms with E-state index in [0.29, 0.717) is 29.8 Å². The third kappa shape index (κ3) is 3.42. The molecule has 0 radical (unpaired) electrons. The topological polar surface area (TPSA) is 118 Å². The molecule has 10 heteroatoms. The number of amides is 2. The van der Waals surface area contributed by atoms with Gasteiger partial charge in [-0.2, -0.15) is 0 Å². The van der Waals surface area contributed by atoms with Crippen LogP contribution < -0.4 is 15.4 Å². The van der Waals surface area contributed by atoms with E-state index in [2.05, 4.69) is 35.8 Å². The summed E-state index contributed by atoms with van der Waals surface area (Å²) < 4.78 is 5.56. The van der Waals surface area contributed by atoms with Crippen molar-refractivity contribution in [2.24, 2.45) is 0 Å². The highest BCUT2D eigenvalue weighted by Crippen LogP contribution is 2.32. The number of carbonyl (C=O) groups excluding carboxylic acids is 1. The van der Waals surface area contributed by atoms with Crippen LogP contribution in [0.5, 0.6) is 5.75 Å². The Hall–Kier alpha value is -3.20. The summed E-state index contributed by atoms with van der Waals surface area (Å²) >= 11 is 5.88. The van der Waals surface area contributed by atoms with Gasteiger partial charge in [-0.3, -0.25) is 10.3 Å². The number of halogens is 1. The number of hydrogen-bond acceptors (Lipinski definition) is 6. The first kappa shape index (κ1) is 16.3. The number of nitrogens with zero attached hydrogens (tertiary/aromatic N) is 4. The molecule has 0 saturated heterocycles. The van der Waals surface area contributed by atoms with Crippen molar-refractivity contribution < 1.29 is 9.53 Å². The summed E-state index contributed by atoms with van der Waals surface area (Å²) in [4.78, 5) is 23.2. The van der Waals surface area contributed by atoms with Crippen LogP contribution in [-0.2, 0) is 0 Å². The molecule has 1 atom stereocenters. The van der Waals surface area contributed by atoms with E-state index in [1.165, 1.54) is 0 Å². The average Bonchev–Trinajstić information content (AvgIpc) is 3.11. The molecule has 1 aliphatic rings. The molecule has 1 aliphatic heterocycles. The lowest BCUT2D eigenvalue weighted by molar-refractivity contribution is 0.232. The molecule has 26 heavy (non-hydrogen) atoms. The molecule has 9 nitrogen and oxygen atoms in total. The lowest BCUT2D eigenvalue weighted by Gasteiger charge is -2.26. The molecule has 3 aromatic heterocycles. The van der Waals surface area contributed by atoms with Crippen molar-refractivity contribution in [2.45, 2.75) is 12.5 Å². The second kappa shape index (κ2) is 6.96. The number of nitrogens with one attached hydrogen (secondary N) is 3. The Morgan fingerprint density at radius 3 is 3.00 bits per heavy atom. The summed E-state index contributed by atoms with van der Waals surface area (Å²) in [5.41, 5.74) is 1.60. The average molecular weight is 372 g/mol. The normalized spacial score (nSPS) is 15.7. The van der Waals surface area contributed by atoms with Gasteiger partial charge in [0.15, 0.2) is 5.82 Å². The van der Waals surface area contributed by atoms with Crippen molar-refractivity contribution in [3.63, 3.8) is 0 Å². The molecule has 3 aromatic rings. The maximum atomic E-state index is 12.3. The largest absolute Gasteiger partial charge is 0.493 e. The molecule has 0 bridgehead atoms. The molecule has 1 unspecified atom stereocenters. The minimum Gasteiger partial charge on any atom is -0.493 e. The van der Waals surface area contributed by atoms with Gasteiger partial charge in [-0.05, 0) is 12.1 Å². The maximum absolute atomic E-state index is 12.3. The van der Waals surface area contributed by atoms with E-state index in [0.717, 1.165) is 11.1 Å². The third-order valence-electron chi connectivity index (χ3n) is 3.88. The Labute approximate surface area is 153 Å². The van der Waals surface area contributed by atoms with Crippen LogP contribution in [0.25, 0.3) is 11.4 Å². The fraction of sp³-hybridized carbons (Fsp3) is 0.188. The lowest BCUT2D eigenvalue weighted by atomic mass is 10.0. The van der Waals surface area contributed by atoms with Gasteiger partial charge in [-0.25, -0.2) is 9.78 Å². The highest BCUT2D eigenvalue weighted by atomic mass is 35.5. The second-order valence-electron chi connectivity index (χ2n) is 5.59. The molecular weight excluding hydrogens is 358 g/mol. The standard InChI is InChI=1S/C16H14ClN7O2/c17-13-7-12-10(8-19-13)11(3-6-26-12)20-16(25)22-15-21-14(23-24-15)9-1-4-18-5-2-9/h1-2,4-5,7-8,11H,3,6H2,(H3,20,21,22,23,24,25). The van der Waals surface area contributed by atoms with E-state index in [1.807, 2.05) is 0 Å². The van der Waals surface area contributed by atoms with Crippen LogP contribution in [-0.4, -0.2) is 37.8 Å². The van der Waals surface area contributed by atoms with Crippen molar-refractivity contribution >= 4 is 23.6 Å².